The van der Waals surface area contributed by atoms with Crippen LogP contribution in [0.4, 0.5) is 4.79 Å². The molecule has 110 valence electrons. The third-order valence-corrected chi connectivity index (χ3v) is 3.67. The minimum atomic E-state index is -0.777. The fourth-order valence-corrected chi connectivity index (χ4v) is 2.57. The highest BCUT2D eigenvalue weighted by atomic mass is 16.4. The Morgan fingerprint density at radius 2 is 2.25 bits per heavy atom. The van der Waals surface area contributed by atoms with Gasteiger partial charge in [-0.2, -0.15) is 5.10 Å². The van der Waals surface area contributed by atoms with E-state index in [9.17, 15) is 9.59 Å². The second kappa shape index (κ2) is 5.94. The van der Waals surface area contributed by atoms with Crippen molar-refractivity contribution < 1.29 is 14.7 Å². The Balaban J connectivity index is 1.76. The minimum absolute atomic E-state index is 0.0499. The molecular formula is C13H20N4O3. The van der Waals surface area contributed by atoms with Crippen molar-refractivity contribution in [3.63, 3.8) is 0 Å². The van der Waals surface area contributed by atoms with E-state index in [-0.39, 0.29) is 18.0 Å². The number of carbonyl (C=O) groups excluding carboxylic acids is 1. The first kappa shape index (κ1) is 14.4. The highest BCUT2D eigenvalue weighted by Crippen LogP contribution is 2.25. The smallest absolute Gasteiger partial charge is 0.315 e. The van der Waals surface area contributed by atoms with Gasteiger partial charge in [0.05, 0.1) is 11.6 Å². The zero-order valence-electron chi connectivity index (χ0n) is 11.7. The van der Waals surface area contributed by atoms with Crippen LogP contribution in [0.15, 0.2) is 6.20 Å². The van der Waals surface area contributed by atoms with Gasteiger partial charge >= 0.3 is 12.0 Å². The molecule has 2 atom stereocenters. The first-order chi connectivity index (χ1) is 9.45. The van der Waals surface area contributed by atoms with Crippen LogP contribution in [0.1, 0.15) is 30.5 Å². The fourth-order valence-electron chi connectivity index (χ4n) is 2.57. The Labute approximate surface area is 117 Å². The Kier molecular flexibility index (Phi) is 4.26. The summed E-state index contributed by atoms with van der Waals surface area (Å²) in [5.74, 6) is -1.11. The number of carboxylic acid groups (broad SMARTS) is 1. The molecule has 20 heavy (non-hydrogen) atoms. The van der Waals surface area contributed by atoms with Crippen molar-refractivity contribution >= 4 is 12.0 Å². The average Bonchev–Trinajstić information content (AvgIpc) is 2.94. The number of aryl methyl sites for hydroxylation is 2. The van der Waals surface area contributed by atoms with Gasteiger partial charge in [0.1, 0.15) is 0 Å². The summed E-state index contributed by atoms with van der Waals surface area (Å²) in [6.45, 7) is 2.31. The highest BCUT2D eigenvalue weighted by Gasteiger charge is 2.30. The number of urea groups is 1. The first-order valence-corrected chi connectivity index (χ1v) is 6.72. The van der Waals surface area contributed by atoms with E-state index in [0.717, 1.165) is 17.7 Å². The molecule has 1 aliphatic carbocycles. The lowest BCUT2D eigenvalue weighted by Gasteiger charge is -2.13. The SMILES string of the molecule is Cc1nn(C)cc1CNC(=O)N[C@H]1CC[C@@H](C(=O)O)C1. The Hall–Kier alpha value is -2.05. The number of carbonyl (C=O) groups is 2. The van der Waals surface area contributed by atoms with E-state index in [0.29, 0.717) is 19.4 Å². The van der Waals surface area contributed by atoms with E-state index in [4.69, 9.17) is 5.11 Å². The number of hydrogen-bond donors (Lipinski definition) is 3. The molecule has 0 spiro atoms. The van der Waals surface area contributed by atoms with Gasteiger partial charge in [-0.05, 0) is 26.2 Å². The van der Waals surface area contributed by atoms with Gasteiger partial charge in [-0.1, -0.05) is 0 Å². The van der Waals surface area contributed by atoms with Crippen LogP contribution < -0.4 is 10.6 Å². The largest absolute Gasteiger partial charge is 0.481 e. The third-order valence-electron chi connectivity index (χ3n) is 3.67. The van der Waals surface area contributed by atoms with Gasteiger partial charge in [0.2, 0.25) is 0 Å². The summed E-state index contributed by atoms with van der Waals surface area (Å²) in [6.07, 6.45) is 3.72. The maximum atomic E-state index is 11.8. The number of amides is 2. The number of aromatic nitrogens is 2. The van der Waals surface area contributed by atoms with E-state index in [1.54, 1.807) is 4.68 Å². The van der Waals surface area contributed by atoms with Gasteiger partial charge in [-0.15, -0.1) is 0 Å². The van der Waals surface area contributed by atoms with Crippen LogP contribution in [0.5, 0.6) is 0 Å². The molecule has 1 fully saturated rings. The molecule has 0 bridgehead atoms. The number of hydrogen-bond acceptors (Lipinski definition) is 3. The van der Waals surface area contributed by atoms with Crippen LogP contribution in [0.2, 0.25) is 0 Å². The molecule has 0 unspecified atom stereocenters. The standard InChI is InChI=1S/C13H20N4O3/c1-8-10(7-17(2)16-8)6-14-13(20)15-11-4-3-9(5-11)12(18)19/h7,9,11H,3-6H2,1-2H3,(H,18,19)(H2,14,15,20)/t9-,11+/m1/s1. The molecule has 0 aromatic carbocycles. The summed E-state index contributed by atoms with van der Waals surface area (Å²) < 4.78 is 1.71. The van der Waals surface area contributed by atoms with Gasteiger partial charge < -0.3 is 15.7 Å². The molecule has 7 heteroatoms. The van der Waals surface area contributed by atoms with Gasteiger partial charge in [0.25, 0.3) is 0 Å². The molecule has 1 aromatic heterocycles. The van der Waals surface area contributed by atoms with E-state index < -0.39 is 5.97 Å². The second-order valence-electron chi connectivity index (χ2n) is 5.29. The summed E-state index contributed by atoms with van der Waals surface area (Å²) in [5, 5.41) is 18.7. The topological polar surface area (TPSA) is 96.3 Å². The van der Waals surface area contributed by atoms with Crippen molar-refractivity contribution in [3.8, 4) is 0 Å². The van der Waals surface area contributed by atoms with Gasteiger partial charge in [-0.3, -0.25) is 9.48 Å². The van der Waals surface area contributed by atoms with E-state index in [2.05, 4.69) is 15.7 Å². The molecular weight excluding hydrogens is 260 g/mol. The number of carboxylic acids is 1. The molecule has 2 rings (SSSR count). The zero-order chi connectivity index (χ0) is 14.7. The van der Waals surface area contributed by atoms with Crippen LogP contribution in [-0.4, -0.2) is 32.9 Å². The molecule has 0 saturated heterocycles. The Morgan fingerprint density at radius 3 is 2.80 bits per heavy atom. The van der Waals surface area contributed by atoms with Crippen molar-refractivity contribution in [2.45, 2.75) is 38.8 Å². The van der Waals surface area contributed by atoms with Crippen LogP contribution >= 0.6 is 0 Å². The van der Waals surface area contributed by atoms with Crippen molar-refractivity contribution in [2.24, 2.45) is 13.0 Å². The number of rotatable bonds is 4. The van der Waals surface area contributed by atoms with Crippen LogP contribution in [0.3, 0.4) is 0 Å². The average molecular weight is 280 g/mol. The minimum Gasteiger partial charge on any atom is -0.481 e. The van der Waals surface area contributed by atoms with Crippen LogP contribution in [0.25, 0.3) is 0 Å². The van der Waals surface area contributed by atoms with Gasteiger partial charge in [0, 0.05) is 31.4 Å². The fraction of sp³-hybridized carbons (Fsp3) is 0.615. The van der Waals surface area contributed by atoms with E-state index in [1.165, 1.54) is 0 Å². The van der Waals surface area contributed by atoms with Gasteiger partial charge in [-0.25, -0.2) is 4.79 Å². The summed E-state index contributed by atoms with van der Waals surface area (Å²) in [6, 6.07) is -0.310. The lowest BCUT2D eigenvalue weighted by molar-refractivity contribution is -0.141. The lowest BCUT2D eigenvalue weighted by atomic mass is 10.1. The highest BCUT2D eigenvalue weighted by molar-refractivity contribution is 5.75. The predicted molar refractivity (Wildman–Crippen MR) is 72.1 cm³/mol. The molecule has 2 amide bonds. The van der Waals surface area contributed by atoms with Crippen molar-refractivity contribution in [3.05, 3.63) is 17.5 Å². The molecule has 1 saturated carbocycles. The normalized spacial score (nSPS) is 21.7. The number of aliphatic carboxylic acids is 1. The molecule has 1 aliphatic rings. The Bertz CT molecular complexity index is 512. The predicted octanol–water partition coefficient (Wildman–Crippen LogP) is 0.781. The van der Waals surface area contributed by atoms with E-state index in [1.807, 2.05) is 20.2 Å². The molecule has 0 radical (unpaired) electrons. The first-order valence-electron chi connectivity index (χ1n) is 6.72. The van der Waals surface area contributed by atoms with E-state index >= 15 is 0 Å². The van der Waals surface area contributed by atoms with Crippen molar-refractivity contribution in [1.82, 2.24) is 20.4 Å². The molecule has 7 nitrogen and oxygen atoms in total. The van der Waals surface area contributed by atoms with Crippen molar-refractivity contribution in [1.29, 1.82) is 0 Å². The molecule has 1 heterocycles. The second-order valence-corrected chi connectivity index (χ2v) is 5.29. The summed E-state index contributed by atoms with van der Waals surface area (Å²) in [7, 11) is 1.83. The third kappa shape index (κ3) is 3.49. The summed E-state index contributed by atoms with van der Waals surface area (Å²) >= 11 is 0. The maximum absolute atomic E-state index is 11.8. The zero-order valence-corrected chi connectivity index (χ0v) is 11.7. The number of nitrogens with zero attached hydrogens (tertiary/aromatic N) is 2. The summed E-state index contributed by atoms with van der Waals surface area (Å²) in [5.41, 5.74) is 1.86. The van der Waals surface area contributed by atoms with Crippen LogP contribution in [-0.2, 0) is 18.4 Å². The molecule has 3 N–H and O–H groups in total. The van der Waals surface area contributed by atoms with Crippen molar-refractivity contribution in [2.75, 3.05) is 0 Å². The van der Waals surface area contributed by atoms with Crippen LogP contribution in [0, 0.1) is 12.8 Å². The van der Waals surface area contributed by atoms with Gasteiger partial charge in [0.15, 0.2) is 0 Å². The Morgan fingerprint density at radius 1 is 1.50 bits per heavy atom. The number of nitrogens with one attached hydrogen (secondary N) is 2. The summed E-state index contributed by atoms with van der Waals surface area (Å²) in [4.78, 5) is 22.6. The molecule has 1 aromatic rings. The molecule has 0 aliphatic heterocycles. The maximum Gasteiger partial charge on any atom is 0.315 e. The monoisotopic (exact) mass is 280 g/mol. The lowest BCUT2D eigenvalue weighted by Crippen LogP contribution is -2.40. The quantitative estimate of drug-likeness (QED) is 0.759.